The molecule has 310 valence electrons. The standard InChI is InChI=1S/C42H51ClN6O8S/c1-6-25-23-42(25,40(53)47-58(54,55)27-13-14-27)46-38(51)32-20-26(24-49(32)39(52)29(41(2,3)4)21-35(50)48-18-10-7-11-19-48)57-34-22-31(30-12-8-9-17-44-30)45-37-28(34)15-16-33(56-5)36(37)43/h6,8-9,12,15-17,22,25-27,29,32H,1,7,10-11,13-14,18-21,23-24H2,2-5H3,(H,46,51)(H,47,53)/t25-,26-,29-,32+,42-/m1/s1. The van der Waals surface area contributed by atoms with Crippen LogP contribution in [0.15, 0.2) is 55.3 Å². The molecule has 4 fully saturated rings. The van der Waals surface area contributed by atoms with Crippen molar-refractivity contribution in [3.8, 4) is 22.9 Å². The summed E-state index contributed by atoms with van der Waals surface area (Å²) in [6, 6.07) is 9.50. The van der Waals surface area contributed by atoms with Gasteiger partial charge in [-0.25, -0.2) is 13.4 Å². The van der Waals surface area contributed by atoms with Gasteiger partial charge in [0.1, 0.15) is 34.2 Å². The highest BCUT2D eigenvalue weighted by molar-refractivity contribution is 7.91. The molecule has 0 unspecified atom stereocenters. The van der Waals surface area contributed by atoms with E-state index in [0.29, 0.717) is 59.7 Å². The van der Waals surface area contributed by atoms with Gasteiger partial charge in [0.15, 0.2) is 0 Å². The third kappa shape index (κ3) is 8.38. The SMILES string of the molecule is C=C[C@@H]1C[C@]1(NC(=O)[C@@H]1C[C@@H](Oc2cc(-c3ccccn3)nc3c(Cl)c(OC)ccc23)CN1C(=O)[C@@H](CC(=O)N1CCCCC1)C(C)(C)C)C(=O)NS(=O)(=O)C1CC1. The molecule has 1 aromatic carbocycles. The third-order valence-corrected chi connectivity index (χ3v) is 14.0. The predicted octanol–water partition coefficient (Wildman–Crippen LogP) is 5.04. The lowest BCUT2D eigenvalue weighted by atomic mass is 9.77. The number of likely N-dealkylation sites (tertiary alicyclic amines) is 2. The number of ether oxygens (including phenoxy) is 2. The summed E-state index contributed by atoms with van der Waals surface area (Å²) >= 11 is 6.79. The number of piperidine rings is 1. The Morgan fingerprint density at radius 3 is 2.43 bits per heavy atom. The van der Waals surface area contributed by atoms with Gasteiger partial charge in [-0.15, -0.1) is 6.58 Å². The monoisotopic (exact) mass is 834 g/mol. The molecule has 2 aliphatic heterocycles. The number of fused-ring (bicyclic) bond motifs is 1. The van der Waals surface area contributed by atoms with E-state index in [1.807, 2.05) is 31.7 Å². The Balaban J connectivity index is 1.23. The summed E-state index contributed by atoms with van der Waals surface area (Å²) in [6.45, 7) is 10.8. The zero-order valence-electron chi connectivity index (χ0n) is 33.3. The van der Waals surface area contributed by atoms with E-state index in [9.17, 15) is 27.6 Å². The van der Waals surface area contributed by atoms with Crippen molar-refractivity contribution in [1.82, 2.24) is 29.8 Å². The van der Waals surface area contributed by atoms with Crippen LogP contribution in [-0.4, -0.2) is 101 Å². The molecule has 16 heteroatoms. The Labute approximate surface area is 344 Å². The number of methoxy groups -OCH3 is 1. The Morgan fingerprint density at radius 2 is 1.81 bits per heavy atom. The molecule has 4 amide bonds. The van der Waals surface area contributed by atoms with E-state index < -0.39 is 67.9 Å². The minimum atomic E-state index is -3.91. The number of nitrogens with zero attached hydrogens (tertiary/aromatic N) is 4. The number of rotatable bonds is 13. The van der Waals surface area contributed by atoms with Crippen molar-refractivity contribution >= 4 is 56.2 Å². The number of carbonyl (C=O) groups is 4. The zero-order valence-corrected chi connectivity index (χ0v) is 34.9. The highest BCUT2D eigenvalue weighted by Crippen LogP contribution is 2.46. The van der Waals surface area contributed by atoms with Crippen LogP contribution in [0, 0.1) is 17.3 Å². The maximum absolute atomic E-state index is 14.9. The van der Waals surface area contributed by atoms with Crippen LogP contribution in [0.1, 0.15) is 72.1 Å². The van der Waals surface area contributed by atoms with Gasteiger partial charge in [0.25, 0.3) is 5.91 Å². The first kappa shape index (κ1) is 41.4. The van der Waals surface area contributed by atoms with Crippen LogP contribution >= 0.6 is 11.6 Å². The van der Waals surface area contributed by atoms with E-state index in [4.69, 9.17) is 26.1 Å². The summed E-state index contributed by atoms with van der Waals surface area (Å²) in [7, 11) is -2.41. The summed E-state index contributed by atoms with van der Waals surface area (Å²) in [5.41, 5.74) is -0.785. The molecule has 0 radical (unpaired) electrons. The van der Waals surface area contributed by atoms with Crippen molar-refractivity contribution in [2.24, 2.45) is 17.3 Å². The van der Waals surface area contributed by atoms with Crippen LogP contribution in [0.5, 0.6) is 11.5 Å². The lowest BCUT2D eigenvalue weighted by molar-refractivity contribution is -0.148. The van der Waals surface area contributed by atoms with Crippen LogP contribution in [-0.2, 0) is 29.2 Å². The topological polar surface area (TPSA) is 177 Å². The second-order valence-electron chi connectivity index (χ2n) is 16.9. The number of hydrogen-bond acceptors (Lipinski definition) is 10. The molecule has 7 rings (SSSR count). The van der Waals surface area contributed by atoms with Gasteiger partial charge in [-0.1, -0.05) is 44.5 Å². The minimum Gasteiger partial charge on any atom is -0.495 e. The molecule has 4 aliphatic rings. The number of amides is 4. The van der Waals surface area contributed by atoms with Crippen molar-refractivity contribution < 1.29 is 37.1 Å². The number of benzene rings is 1. The van der Waals surface area contributed by atoms with Gasteiger partial charge in [0.2, 0.25) is 27.7 Å². The van der Waals surface area contributed by atoms with Crippen molar-refractivity contribution in [3.63, 3.8) is 0 Å². The number of nitrogens with one attached hydrogen (secondary N) is 2. The maximum Gasteiger partial charge on any atom is 0.259 e. The first-order valence-corrected chi connectivity index (χ1v) is 21.8. The third-order valence-electron chi connectivity index (χ3n) is 11.8. The van der Waals surface area contributed by atoms with E-state index in [1.165, 1.54) is 18.1 Å². The fraction of sp³-hybridized carbons (Fsp3) is 0.524. The Bertz CT molecular complexity index is 2220. The van der Waals surface area contributed by atoms with Crippen LogP contribution in [0.3, 0.4) is 0 Å². The van der Waals surface area contributed by atoms with Crippen molar-refractivity contribution in [2.45, 2.75) is 95.1 Å². The highest BCUT2D eigenvalue weighted by atomic mass is 35.5. The Morgan fingerprint density at radius 1 is 1.07 bits per heavy atom. The number of aromatic nitrogens is 2. The molecule has 2 aromatic heterocycles. The lowest BCUT2D eigenvalue weighted by Gasteiger charge is -2.36. The van der Waals surface area contributed by atoms with Gasteiger partial charge < -0.3 is 24.6 Å². The molecule has 2 saturated carbocycles. The number of pyridine rings is 2. The first-order chi connectivity index (χ1) is 27.6. The van der Waals surface area contributed by atoms with Crippen molar-refractivity contribution in [3.05, 3.63) is 60.3 Å². The molecule has 58 heavy (non-hydrogen) atoms. The summed E-state index contributed by atoms with van der Waals surface area (Å²) in [4.78, 5) is 69.3. The van der Waals surface area contributed by atoms with E-state index in [1.54, 1.807) is 36.5 Å². The van der Waals surface area contributed by atoms with Crippen LogP contribution in [0.4, 0.5) is 0 Å². The van der Waals surface area contributed by atoms with E-state index in [2.05, 4.69) is 21.6 Å². The van der Waals surface area contributed by atoms with E-state index >= 15 is 0 Å². The van der Waals surface area contributed by atoms with Crippen molar-refractivity contribution in [2.75, 3.05) is 26.7 Å². The van der Waals surface area contributed by atoms with Gasteiger partial charge >= 0.3 is 0 Å². The molecule has 2 N–H and O–H groups in total. The van der Waals surface area contributed by atoms with E-state index in [-0.39, 0.29) is 36.7 Å². The van der Waals surface area contributed by atoms with Gasteiger partial charge in [-0.2, -0.15) is 0 Å². The van der Waals surface area contributed by atoms with Gasteiger partial charge in [0.05, 0.1) is 41.7 Å². The molecule has 5 atom stereocenters. The lowest BCUT2D eigenvalue weighted by Crippen LogP contribution is -2.57. The fourth-order valence-electron chi connectivity index (χ4n) is 8.09. The highest BCUT2D eigenvalue weighted by Gasteiger charge is 2.62. The van der Waals surface area contributed by atoms with Crippen LogP contribution in [0.25, 0.3) is 22.3 Å². The van der Waals surface area contributed by atoms with Crippen molar-refractivity contribution in [1.29, 1.82) is 0 Å². The predicted molar refractivity (Wildman–Crippen MR) is 218 cm³/mol. The number of sulfonamides is 1. The number of hydrogen-bond donors (Lipinski definition) is 2. The fourth-order valence-corrected chi connectivity index (χ4v) is 9.74. The Hall–Kier alpha value is -4.76. The van der Waals surface area contributed by atoms with Gasteiger partial charge in [-0.3, -0.25) is 28.9 Å². The smallest absolute Gasteiger partial charge is 0.259 e. The minimum absolute atomic E-state index is 0.0197. The molecule has 3 aromatic rings. The zero-order chi connectivity index (χ0) is 41.6. The molecule has 14 nitrogen and oxygen atoms in total. The molecule has 2 aliphatic carbocycles. The van der Waals surface area contributed by atoms with Gasteiger partial charge in [0, 0.05) is 49.5 Å². The number of halogens is 1. The molecule has 2 saturated heterocycles. The molecule has 0 bridgehead atoms. The summed E-state index contributed by atoms with van der Waals surface area (Å²) < 4.78 is 40.0. The maximum atomic E-state index is 14.9. The molecule has 4 heterocycles. The second-order valence-corrected chi connectivity index (χ2v) is 19.3. The number of carbonyl (C=O) groups excluding carboxylic acids is 4. The summed E-state index contributed by atoms with van der Waals surface area (Å²) in [6.07, 6.45) is 6.32. The van der Waals surface area contributed by atoms with Gasteiger partial charge in [-0.05, 0) is 68.2 Å². The largest absolute Gasteiger partial charge is 0.495 e. The summed E-state index contributed by atoms with van der Waals surface area (Å²) in [5.74, 6) is -2.50. The second kappa shape index (κ2) is 16.1. The van der Waals surface area contributed by atoms with E-state index in [0.717, 1.165) is 19.3 Å². The first-order valence-electron chi connectivity index (χ1n) is 19.9. The van der Waals surface area contributed by atoms with Crippen LogP contribution < -0.4 is 19.5 Å². The molecule has 0 spiro atoms. The average molecular weight is 835 g/mol. The quantitative estimate of drug-likeness (QED) is 0.222. The molecular formula is C42H51ClN6O8S. The normalized spacial score (nSPS) is 23.8. The average Bonchev–Trinajstić information content (AvgIpc) is 4.14. The molecular weight excluding hydrogens is 784 g/mol. The van der Waals surface area contributed by atoms with Crippen LogP contribution in [0.2, 0.25) is 5.02 Å². The Kier molecular flexibility index (Phi) is 11.5. The summed E-state index contributed by atoms with van der Waals surface area (Å²) in [5, 5.41) is 3.04.